The monoisotopic (exact) mass is 416 g/mol. The summed E-state index contributed by atoms with van der Waals surface area (Å²) < 4.78 is 32.9. The number of anilines is 1. The van der Waals surface area contributed by atoms with E-state index >= 15 is 0 Å². The molecule has 1 heterocycles. The van der Waals surface area contributed by atoms with Gasteiger partial charge in [0.25, 0.3) is 0 Å². The van der Waals surface area contributed by atoms with Crippen LogP contribution in [0.15, 0.2) is 53.4 Å². The van der Waals surface area contributed by atoms with Crippen molar-refractivity contribution in [3.8, 4) is 5.75 Å². The predicted octanol–water partition coefficient (Wildman–Crippen LogP) is 3.79. The fourth-order valence-corrected chi connectivity index (χ4v) is 5.01. The van der Waals surface area contributed by atoms with E-state index in [-0.39, 0.29) is 10.8 Å². The molecule has 2 aromatic carbocycles. The Hall–Kier alpha value is -2.38. The van der Waals surface area contributed by atoms with Gasteiger partial charge in [0.05, 0.1) is 23.1 Å². The molecule has 0 unspecified atom stereocenters. The molecule has 1 amide bonds. The fourth-order valence-electron chi connectivity index (χ4n) is 3.46. The Kier molecular flexibility index (Phi) is 6.29. The number of carbonyl (C=O) groups excluding carboxylic acids is 1. The molecule has 0 spiro atoms. The third kappa shape index (κ3) is 4.46. The Morgan fingerprint density at radius 3 is 2.31 bits per heavy atom. The number of amides is 1. The SMILES string of the molecule is COc1ccc(S(=O)(=O)N2CCCCC2)cc1NC(=O)C(C)(C)c1ccccc1. The maximum atomic E-state index is 13.0. The maximum Gasteiger partial charge on any atom is 0.243 e. The van der Waals surface area contributed by atoms with E-state index in [0.717, 1.165) is 24.8 Å². The van der Waals surface area contributed by atoms with Crippen LogP contribution in [0, 0.1) is 0 Å². The minimum absolute atomic E-state index is 0.160. The summed E-state index contributed by atoms with van der Waals surface area (Å²) in [5.74, 6) is 0.175. The van der Waals surface area contributed by atoms with Crippen molar-refractivity contribution in [2.45, 2.75) is 43.4 Å². The lowest BCUT2D eigenvalue weighted by Gasteiger charge is -2.27. The first-order valence-electron chi connectivity index (χ1n) is 9.82. The Labute approximate surface area is 172 Å². The number of methoxy groups -OCH3 is 1. The highest BCUT2D eigenvalue weighted by Gasteiger charge is 2.31. The standard InChI is InChI=1S/C22H28N2O4S/c1-22(2,17-10-6-4-7-11-17)21(25)23-19-16-18(12-13-20(19)28-3)29(26,27)24-14-8-5-9-15-24/h4,6-7,10-13,16H,5,8-9,14-15H2,1-3H3,(H,23,25). The lowest BCUT2D eigenvalue weighted by molar-refractivity contribution is -0.120. The molecule has 0 aliphatic carbocycles. The van der Waals surface area contributed by atoms with Crippen molar-refractivity contribution < 1.29 is 17.9 Å². The normalized spacial score (nSPS) is 15.7. The quantitative estimate of drug-likeness (QED) is 0.777. The first-order valence-corrected chi connectivity index (χ1v) is 11.3. The van der Waals surface area contributed by atoms with Gasteiger partial charge in [0, 0.05) is 13.1 Å². The highest BCUT2D eigenvalue weighted by molar-refractivity contribution is 7.89. The summed E-state index contributed by atoms with van der Waals surface area (Å²) in [7, 11) is -2.11. The average molecular weight is 417 g/mol. The Bertz CT molecular complexity index is 966. The third-order valence-corrected chi connectivity index (χ3v) is 7.33. The molecule has 0 saturated carbocycles. The summed E-state index contributed by atoms with van der Waals surface area (Å²) in [5.41, 5.74) is 0.418. The molecule has 156 valence electrons. The van der Waals surface area contributed by atoms with E-state index in [1.54, 1.807) is 6.07 Å². The summed E-state index contributed by atoms with van der Waals surface area (Å²) in [6, 6.07) is 14.1. The molecular formula is C22H28N2O4S. The van der Waals surface area contributed by atoms with Gasteiger partial charge in [0.2, 0.25) is 15.9 Å². The molecule has 0 radical (unpaired) electrons. The molecule has 2 aromatic rings. The number of sulfonamides is 1. The van der Waals surface area contributed by atoms with Crippen molar-refractivity contribution in [1.29, 1.82) is 0 Å². The summed E-state index contributed by atoms with van der Waals surface area (Å²) in [4.78, 5) is 13.2. The van der Waals surface area contributed by atoms with Gasteiger partial charge in [-0.05, 0) is 50.5 Å². The van der Waals surface area contributed by atoms with Gasteiger partial charge >= 0.3 is 0 Å². The van der Waals surface area contributed by atoms with Crippen LogP contribution in [0.25, 0.3) is 0 Å². The Morgan fingerprint density at radius 1 is 1.03 bits per heavy atom. The summed E-state index contributed by atoms with van der Waals surface area (Å²) in [6.07, 6.45) is 2.78. The smallest absolute Gasteiger partial charge is 0.243 e. The molecule has 3 rings (SSSR count). The second-order valence-electron chi connectivity index (χ2n) is 7.77. The minimum atomic E-state index is -3.61. The highest BCUT2D eigenvalue weighted by Crippen LogP contribution is 2.32. The van der Waals surface area contributed by atoms with Crippen LogP contribution in [0.4, 0.5) is 5.69 Å². The van der Waals surface area contributed by atoms with Crippen LogP contribution in [0.5, 0.6) is 5.75 Å². The molecule has 0 atom stereocenters. The Balaban J connectivity index is 1.90. The molecule has 1 aliphatic heterocycles. The van der Waals surface area contributed by atoms with Gasteiger partial charge in [-0.15, -0.1) is 0 Å². The van der Waals surface area contributed by atoms with E-state index in [9.17, 15) is 13.2 Å². The first kappa shape index (κ1) is 21.3. The van der Waals surface area contributed by atoms with Crippen molar-refractivity contribution >= 4 is 21.6 Å². The fraction of sp³-hybridized carbons (Fsp3) is 0.409. The van der Waals surface area contributed by atoms with Crippen molar-refractivity contribution in [2.75, 3.05) is 25.5 Å². The van der Waals surface area contributed by atoms with Crippen molar-refractivity contribution in [2.24, 2.45) is 0 Å². The second-order valence-corrected chi connectivity index (χ2v) is 9.71. The van der Waals surface area contributed by atoms with Crippen LogP contribution < -0.4 is 10.1 Å². The van der Waals surface area contributed by atoms with E-state index in [1.807, 2.05) is 44.2 Å². The van der Waals surface area contributed by atoms with E-state index in [1.165, 1.54) is 23.5 Å². The van der Waals surface area contributed by atoms with Crippen molar-refractivity contribution in [3.05, 3.63) is 54.1 Å². The summed E-state index contributed by atoms with van der Waals surface area (Å²) in [6.45, 7) is 4.71. The minimum Gasteiger partial charge on any atom is -0.495 e. The van der Waals surface area contributed by atoms with Gasteiger partial charge in [0.1, 0.15) is 5.75 Å². The number of ether oxygens (including phenoxy) is 1. The van der Waals surface area contributed by atoms with Gasteiger partial charge in [0.15, 0.2) is 0 Å². The van der Waals surface area contributed by atoms with Crippen LogP contribution >= 0.6 is 0 Å². The van der Waals surface area contributed by atoms with Crippen molar-refractivity contribution in [3.63, 3.8) is 0 Å². The Morgan fingerprint density at radius 2 is 1.69 bits per heavy atom. The van der Waals surface area contributed by atoms with E-state index in [4.69, 9.17) is 4.74 Å². The van der Waals surface area contributed by atoms with Gasteiger partial charge in [-0.2, -0.15) is 4.31 Å². The molecule has 0 aromatic heterocycles. The van der Waals surface area contributed by atoms with Crippen LogP contribution in [-0.2, 0) is 20.2 Å². The number of benzene rings is 2. The maximum absolute atomic E-state index is 13.0. The molecule has 0 bridgehead atoms. The topological polar surface area (TPSA) is 75.7 Å². The number of nitrogens with one attached hydrogen (secondary N) is 1. The number of piperidine rings is 1. The third-order valence-electron chi connectivity index (χ3n) is 5.44. The number of nitrogens with zero attached hydrogens (tertiary/aromatic N) is 1. The molecule has 29 heavy (non-hydrogen) atoms. The molecule has 1 aliphatic rings. The van der Waals surface area contributed by atoms with Crippen LogP contribution in [0.2, 0.25) is 0 Å². The number of rotatable bonds is 6. The van der Waals surface area contributed by atoms with Crippen molar-refractivity contribution in [1.82, 2.24) is 4.31 Å². The van der Waals surface area contributed by atoms with Crippen LogP contribution in [-0.4, -0.2) is 38.8 Å². The number of carbonyl (C=O) groups is 1. The van der Waals surface area contributed by atoms with Crippen LogP contribution in [0.1, 0.15) is 38.7 Å². The molecule has 1 fully saturated rings. The largest absolute Gasteiger partial charge is 0.495 e. The number of hydrogen-bond donors (Lipinski definition) is 1. The molecular weight excluding hydrogens is 388 g/mol. The van der Waals surface area contributed by atoms with E-state index in [0.29, 0.717) is 24.5 Å². The zero-order chi connectivity index (χ0) is 21.1. The highest BCUT2D eigenvalue weighted by atomic mass is 32.2. The second kappa shape index (κ2) is 8.55. The first-order chi connectivity index (χ1) is 13.8. The zero-order valence-electron chi connectivity index (χ0n) is 17.1. The molecule has 7 heteroatoms. The van der Waals surface area contributed by atoms with Gasteiger partial charge in [-0.3, -0.25) is 4.79 Å². The summed E-state index contributed by atoms with van der Waals surface area (Å²) in [5, 5.41) is 2.87. The lowest BCUT2D eigenvalue weighted by atomic mass is 9.83. The molecule has 1 saturated heterocycles. The zero-order valence-corrected chi connectivity index (χ0v) is 18.0. The van der Waals surface area contributed by atoms with Gasteiger partial charge < -0.3 is 10.1 Å². The van der Waals surface area contributed by atoms with Gasteiger partial charge in [-0.25, -0.2) is 8.42 Å². The average Bonchev–Trinajstić information content (AvgIpc) is 2.74. The van der Waals surface area contributed by atoms with E-state index < -0.39 is 15.4 Å². The van der Waals surface area contributed by atoms with Crippen LogP contribution in [0.3, 0.4) is 0 Å². The van der Waals surface area contributed by atoms with E-state index in [2.05, 4.69) is 5.32 Å². The number of hydrogen-bond acceptors (Lipinski definition) is 4. The lowest BCUT2D eigenvalue weighted by Crippen LogP contribution is -2.36. The van der Waals surface area contributed by atoms with Gasteiger partial charge in [-0.1, -0.05) is 36.8 Å². The summed E-state index contributed by atoms with van der Waals surface area (Å²) >= 11 is 0. The molecule has 1 N–H and O–H groups in total. The molecule has 6 nitrogen and oxygen atoms in total. The predicted molar refractivity (Wildman–Crippen MR) is 114 cm³/mol.